The second-order valence-electron chi connectivity index (χ2n) is 3.37. The van der Waals surface area contributed by atoms with Gasteiger partial charge < -0.3 is 0 Å². The first-order chi connectivity index (χ1) is 7.29. The van der Waals surface area contributed by atoms with Gasteiger partial charge in [-0.25, -0.2) is 0 Å². The van der Waals surface area contributed by atoms with Gasteiger partial charge in [-0.1, -0.05) is 24.3 Å². The quantitative estimate of drug-likeness (QED) is 0.738. The van der Waals surface area contributed by atoms with Gasteiger partial charge in [-0.2, -0.15) is 0 Å². The van der Waals surface area contributed by atoms with Crippen molar-refractivity contribution in [3.63, 3.8) is 0 Å². The Morgan fingerprint density at radius 2 is 1.80 bits per heavy atom. The third kappa shape index (κ3) is 2.10. The van der Waals surface area contributed by atoms with Crippen LogP contribution < -0.4 is 0 Å². The van der Waals surface area contributed by atoms with Gasteiger partial charge in [0.05, 0.1) is 0 Å². The number of benzene rings is 1. The summed E-state index contributed by atoms with van der Waals surface area (Å²) in [5.74, 6) is 0. The first-order valence-electron chi connectivity index (χ1n) is 4.71. The topological polar surface area (TPSA) is 30.0 Å². The summed E-state index contributed by atoms with van der Waals surface area (Å²) in [6.07, 6.45) is 3.64. The van der Waals surface area contributed by atoms with Crippen LogP contribution in [0.15, 0.2) is 42.6 Å². The summed E-state index contributed by atoms with van der Waals surface area (Å²) in [7, 11) is 0. The van der Waals surface area contributed by atoms with Crippen molar-refractivity contribution in [2.45, 2.75) is 6.92 Å². The normalized spacial score (nSPS) is 9.93. The molecule has 0 N–H and O–H groups in total. The van der Waals surface area contributed by atoms with Gasteiger partial charge in [0.2, 0.25) is 6.29 Å². The predicted molar refractivity (Wildman–Crippen MR) is 59.2 cm³/mol. The molecular formula is C13H10NO. The van der Waals surface area contributed by atoms with E-state index in [9.17, 15) is 4.79 Å². The lowest BCUT2D eigenvalue weighted by Gasteiger charge is -2.02. The molecule has 0 aliphatic rings. The molecule has 0 aliphatic carbocycles. The molecule has 0 atom stereocenters. The number of aromatic nitrogens is 1. The highest BCUT2D eigenvalue weighted by Crippen LogP contribution is 2.19. The predicted octanol–water partition coefficient (Wildman–Crippen LogP) is 2.51. The van der Waals surface area contributed by atoms with Gasteiger partial charge in [0.1, 0.15) is 0 Å². The van der Waals surface area contributed by atoms with Crippen LogP contribution in [0.1, 0.15) is 11.3 Å². The van der Waals surface area contributed by atoms with E-state index >= 15 is 0 Å². The molecule has 1 heterocycles. The van der Waals surface area contributed by atoms with Crippen molar-refractivity contribution >= 4 is 6.29 Å². The lowest BCUT2D eigenvalue weighted by atomic mass is 10.0. The fourth-order valence-electron chi connectivity index (χ4n) is 1.46. The molecule has 2 heteroatoms. The SMILES string of the molecule is Cc1cc(-c2ccc([C]=O)cc2)ccn1. The Bertz CT molecular complexity index is 474. The first-order valence-corrected chi connectivity index (χ1v) is 4.71. The van der Waals surface area contributed by atoms with Crippen LogP contribution in [0.4, 0.5) is 0 Å². The molecule has 0 saturated heterocycles. The Kier molecular flexibility index (Phi) is 2.59. The Morgan fingerprint density at radius 1 is 1.07 bits per heavy atom. The summed E-state index contributed by atoms with van der Waals surface area (Å²) in [6, 6.07) is 11.3. The zero-order valence-corrected chi connectivity index (χ0v) is 8.40. The summed E-state index contributed by atoms with van der Waals surface area (Å²) < 4.78 is 0. The number of nitrogens with zero attached hydrogens (tertiary/aromatic N) is 1. The average Bonchev–Trinajstić information content (AvgIpc) is 2.29. The molecule has 2 aromatic rings. The van der Waals surface area contributed by atoms with Gasteiger partial charge in [0.15, 0.2) is 0 Å². The van der Waals surface area contributed by atoms with E-state index in [0.717, 1.165) is 16.8 Å². The Balaban J connectivity index is 2.41. The van der Waals surface area contributed by atoms with Crippen LogP contribution in [0, 0.1) is 6.92 Å². The molecule has 1 radical (unpaired) electrons. The van der Waals surface area contributed by atoms with Crippen LogP contribution >= 0.6 is 0 Å². The second-order valence-corrected chi connectivity index (χ2v) is 3.37. The van der Waals surface area contributed by atoms with E-state index in [1.807, 2.05) is 37.5 Å². The average molecular weight is 196 g/mol. The van der Waals surface area contributed by atoms with Gasteiger partial charge in [0.25, 0.3) is 0 Å². The fraction of sp³-hybridized carbons (Fsp3) is 0.0769. The largest absolute Gasteiger partial charge is 0.285 e. The standard InChI is InChI=1S/C13H10NO/c1-10-8-13(6-7-14-10)12-4-2-11(9-15)3-5-12/h2-8H,1H3. The van der Waals surface area contributed by atoms with E-state index in [1.165, 1.54) is 0 Å². The van der Waals surface area contributed by atoms with Gasteiger partial charge in [0, 0.05) is 17.5 Å². The van der Waals surface area contributed by atoms with Crippen LogP contribution in [0.25, 0.3) is 11.1 Å². The summed E-state index contributed by atoms with van der Waals surface area (Å²) in [4.78, 5) is 14.5. The number of hydrogen-bond acceptors (Lipinski definition) is 2. The molecule has 1 aromatic heterocycles. The Morgan fingerprint density at radius 3 is 2.40 bits per heavy atom. The van der Waals surface area contributed by atoms with E-state index in [-0.39, 0.29) is 0 Å². The van der Waals surface area contributed by atoms with Crippen molar-refractivity contribution in [3.8, 4) is 11.1 Å². The minimum atomic E-state index is 0.574. The number of carbonyl (C=O) groups excluding carboxylic acids is 1. The summed E-state index contributed by atoms with van der Waals surface area (Å²) in [6.45, 7) is 1.96. The number of pyridine rings is 1. The fourth-order valence-corrected chi connectivity index (χ4v) is 1.46. The van der Waals surface area contributed by atoms with E-state index in [2.05, 4.69) is 4.98 Å². The molecule has 0 saturated carbocycles. The Hall–Kier alpha value is -1.96. The molecule has 0 bridgehead atoms. The van der Waals surface area contributed by atoms with E-state index in [0.29, 0.717) is 5.56 Å². The number of hydrogen-bond donors (Lipinski definition) is 0. The number of aryl methyl sites for hydroxylation is 1. The molecule has 2 nitrogen and oxygen atoms in total. The lowest BCUT2D eigenvalue weighted by Crippen LogP contribution is -1.84. The van der Waals surface area contributed by atoms with Crippen molar-refractivity contribution in [1.82, 2.24) is 4.98 Å². The summed E-state index contributed by atoms with van der Waals surface area (Å²) in [5, 5.41) is 0. The van der Waals surface area contributed by atoms with E-state index in [4.69, 9.17) is 0 Å². The van der Waals surface area contributed by atoms with Crippen LogP contribution in [-0.2, 0) is 4.79 Å². The molecule has 0 aliphatic heterocycles. The van der Waals surface area contributed by atoms with Crippen LogP contribution in [0.2, 0.25) is 0 Å². The molecular weight excluding hydrogens is 186 g/mol. The van der Waals surface area contributed by atoms with Crippen molar-refractivity contribution in [1.29, 1.82) is 0 Å². The highest BCUT2D eigenvalue weighted by molar-refractivity contribution is 5.77. The minimum Gasteiger partial charge on any atom is -0.285 e. The lowest BCUT2D eigenvalue weighted by molar-refractivity contribution is 0.563. The van der Waals surface area contributed by atoms with Crippen molar-refractivity contribution in [3.05, 3.63) is 53.9 Å². The van der Waals surface area contributed by atoms with Crippen molar-refractivity contribution < 1.29 is 4.79 Å². The van der Waals surface area contributed by atoms with Crippen LogP contribution in [-0.4, -0.2) is 11.3 Å². The van der Waals surface area contributed by atoms with Crippen molar-refractivity contribution in [2.24, 2.45) is 0 Å². The maximum Gasteiger partial charge on any atom is 0.233 e. The first kappa shape index (κ1) is 9.59. The van der Waals surface area contributed by atoms with Gasteiger partial charge in [-0.3, -0.25) is 9.78 Å². The van der Waals surface area contributed by atoms with Gasteiger partial charge in [-0.05, 0) is 30.2 Å². The van der Waals surface area contributed by atoms with Gasteiger partial charge >= 0.3 is 0 Å². The molecule has 0 fully saturated rings. The third-order valence-corrected chi connectivity index (χ3v) is 2.23. The van der Waals surface area contributed by atoms with E-state index < -0.39 is 0 Å². The highest BCUT2D eigenvalue weighted by atomic mass is 16.1. The third-order valence-electron chi connectivity index (χ3n) is 2.23. The molecule has 2 rings (SSSR count). The van der Waals surface area contributed by atoms with Crippen LogP contribution in [0.5, 0.6) is 0 Å². The van der Waals surface area contributed by atoms with Crippen molar-refractivity contribution in [2.75, 3.05) is 0 Å². The maximum atomic E-state index is 10.4. The highest BCUT2D eigenvalue weighted by Gasteiger charge is 1.98. The zero-order chi connectivity index (χ0) is 10.7. The zero-order valence-electron chi connectivity index (χ0n) is 8.40. The molecule has 15 heavy (non-hydrogen) atoms. The smallest absolute Gasteiger partial charge is 0.233 e. The monoisotopic (exact) mass is 196 g/mol. The summed E-state index contributed by atoms with van der Waals surface area (Å²) in [5.41, 5.74) is 3.75. The second kappa shape index (κ2) is 4.05. The molecule has 0 spiro atoms. The molecule has 0 unspecified atom stereocenters. The Labute approximate surface area is 88.6 Å². The van der Waals surface area contributed by atoms with Crippen LogP contribution in [0.3, 0.4) is 0 Å². The molecule has 0 amide bonds. The number of rotatable bonds is 2. The summed E-state index contributed by atoms with van der Waals surface area (Å²) >= 11 is 0. The molecule has 1 aromatic carbocycles. The maximum absolute atomic E-state index is 10.4. The minimum absolute atomic E-state index is 0.574. The van der Waals surface area contributed by atoms with Gasteiger partial charge in [-0.15, -0.1) is 0 Å². The van der Waals surface area contributed by atoms with E-state index in [1.54, 1.807) is 18.3 Å². The molecule has 73 valence electrons.